The lowest BCUT2D eigenvalue weighted by molar-refractivity contribution is 0.200. The molecule has 0 atom stereocenters. The van der Waals surface area contributed by atoms with Crippen molar-refractivity contribution in [2.75, 3.05) is 25.6 Å². The quantitative estimate of drug-likeness (QED) is 0.707. The predicted octanol–water partition coefficient (Wildman–Crippen LogP) is 3.29. The summed E-state index contributed by atoms with van der Waals surface area (Å²) in [6, 6.07) is 0. The second kappa shape index (κ2) is 8.68. The van der Waals surface area contributed by atoms with E-state index < -0.39 is 0 Å². The van der Waals surface area contributed by atoms with Crippen molar-refractivity contribution >= 4 is 28.4 Å². The zero-order chi connectivity index (χ0) is 14.3. The third-order valence-corrected chi connectivity index (χ3v) is 3.77. The molecule has 0 aliphatic rings. The van der Waals surface area contributed by atoms with E-state index >= 15 is 0 Å². The average Bonchev–Trinajstić information content (AvgIpc) is 2.37. The molecule has 5 heteroatoms. The average molecular weight is 377 g/mol. The minimum absolute atomic E-state index is 0.595. The minimum Gasteiger partial charge on any atom is -0.384 e. The Labute approximate surface area is 129 Å². The Kier molecular flexibility index (Phi) is 7.60. The molecule has 0 bridgehead atoms. The summed E-state index contributed by atoms with van der Waals surface area (Å²) in [5.41, 5.74) is 1.15. The number of hydrogen-bond donors (Lipinski definition) is 1. The van der Waals surface area contributed by atoms with Crippen molar-refractivity contribution in [3.8, 4) is 0 Å². The number of anilines is 1. The second-order valence-electron chi connectivity index (χ2n) is 5.02. The fourth-order valence-corrected chi connectivity index (χ4v) is 2.38. The van der Waals surface area contributed by atoms with E-state index in [-0.39, 0.29) is 0 Å². The Morgan fingerprint density at radius 1 is 1.32 bits per heavy atom. The summed E-state index contributed by atoms with van der Waals surface area (Å²) in [4.78, 5) is 9.29. The molecular weight excluding hydrogens is 353 g/mol. The van der Waals surface area contributed by atoms with Crippen molar-refractivity contribution in [3.05, 3.63) is 15.1 Å². The molecule has 1 aromatic rings. The van der Waals surface area contributed by atoms with Crippen molar-refractivity contribution in [2.45, 2.75) is 40.0 Å². The molecule has 0 saturated heterocycles. The van der Waals surface area contributed by atoms with E-state index in [4.69, 9.17) is 4.74 Å². The largest absolute Gasteiger partial charge is 0.384 e. The molecule has 0 fully saturated rings. The van der Waals surface area contributed by atoms with E-state index in [1.165, 1.54) is 0 Å². The highest BCUT2D eigenvalue weighted by molar-refractivity contribution is 14.1. The van der Waals surface area contributed by atoms with Crippen LogP contribution in [0, 0.1) is 9.49 Å². The molecule has 0 radical (unpaired) electrons. The van der Waals surface area contributed by atoms with Crippen LogP contribution in [0.25, 0.3) is 0 Å². The number of ether oxygens (including phenoxy) is 1. The number of nitrogens with one attached hydrogen (secondary N) is 1. The summed E-state index contributed by atoms with van der Waals surface area (Å²) in [5.74, 6) is 2.44. The Balaban J connectivity index is 2.99. The number of hydrogen-bond acceptors (Lipinski definition) is 4. The van der Waals surface area contributed by atoms with Gasteiger partial charge in [0, 0.05) is 20.1 Å². The van der Waals surface area contributed by atoms with Crippen LogP contribution in [0.1, 0.15) is 38.7 Å². The Morgan fingerprint density at radius 2 is 2.05 bits per heavy atom. The molecule has 0 aliphatic carbocycles. The minimum atomic E-state index is 0.595. The normalized spacial score (nSPS) is 11.1. The predicted molar refractivity (Wildman–Crippen MR) is 87.7 cm³/mol. The Morgan fingerprint density at radius 3 is 2.63 bits per heavy atom. The van der Waals surface area contributed by atoms with Crippen molar-refractivity contribution in [2.24, 2.45) is 5.92 Å². The number of aromatic nitrogens is 2. The van der Waals surface area contributed by atoms with Gasteiger partial charge in [0.25, 0.3) is 0 Å². The fourth-order valence-electron chi connectivity index (χ4n) is 1.73. The third-order valence-electron chi connectivity index (χ3n) is 2.64. The molecule has 0 unspecified atom stereocenters. The maximum Gasteiger partial charge on any atom is 0.143 e. The van der Waals surface area contributed by atoms with Crippen LogP contribution in [0.2, 0.25) is 0 Å². The van der Waals surface area contributed by atoms with E-state index in [1.54, 1.807) is 7.11 Å². The lowest BCUT2D eigenvalue weighted by atomic mass is 10.1. The molecule has 19 heavy (non-hydrogen) atoms. The zero-order valence-electron chi connectivity index (χ0n) is 12.3. The van der Waals surface area contributed by atoms with Crippen LogP contribution in [0.4, 0.5) is 5.82 Å². The summed E-state index contributed by atoms with van der Waals surface area (Å²) in [5, 5.41) is 3.39. The Hall–Kier alpha value is -0.430. The van der Waals surface area contributed by atoms with Crippen LogP contribution in [-0.2, 0) is 17.6 Å². The first kappa shape index (κ1) is 16.6. The first-order valence-corrected chi connectivity index (χ1v) is 7.94. The van der Waals surface area contributed by atoms with Crippen molar-refractivity contribution in [3.63, 3.8) is 0 Å². The third kappa shape index (κ3) is 5.60. The standard InChI is InChI=1S/C14H24IN3O/c1-5-7-16-14-13(15)11(9-10(2)3)17-12(18-14)6-8-19-4/h10H,5-9H2,1-4H3,(H,16,17,18). The topological polar surface area (TPSA) is 47.0 Å². The van der Waals surface area contributed by atoms with E-state index in [1.807, 2.05) is 0 Å². The highest BCUT2D eigenvalue weighted by Crippen LogP contribution is 2.22. The Bertz CT molecular complexity index is 397. The number of rotatable bonds is 8. The lowest BCUT2D eigenvalue weighted by Crippen LogP contribution is -2.13. The number of halogens is 1. The molecular formula is C14H24IN3O. The molecule has 1 rings (SSSR count). The van der Waals surface area contributed by atoms with E-state index in [9.17, 15) is 0 Å². The molecule has 0 amide bonds. The SMILES string of the molecule is CCCNc1nc(CCOC)nc(CC(C)C)c1I. The summed E-state index contributed by atoms with van der Waals surface area (Å²) < 4.78 is 6.27. The molecule has 0 aliphatic heterocycles. The van der Waals surface area contributed by atoms with Crippen LogP contribution >= 0.6 is 22.6 Å². The van der Waals surface area contributed by atoms with Crippen LogP contribution < -0.4 is 5.32 Å². The van der Waals surface area contributed by atoms with Crippen molar-refractivity contribution < 1.29 is 4.74 Å². The highest BCUT2D eigenvalue weighted by atomic mass is 127. The van der Waals surface area contributed by atoms with E-state index in [2.05, 4.69) is 58.6 Å². The van der Waals surface area contributed by atoms with Gasteiger partial charge in [0.15, 0.2) is 0 Å². The lowest BCUT2D eigenvalue weighted by Gasteiger charge is -2.14. The zero-order valence-corrected chi connectivity index (χ0v) is 14.5. The van der Waals surface area contributed by atoms with Crippen molar-refractivity contribution in [1.29, 1.82) is 0 Å². The monoisotopic (exact) mass is 377 g/mol. The molecule has 4 nitrogen and oxygen atoms in total. The second-order valence-corrected chi connectivity index (χ2v) is 6.10. The molecule has 1 heterocycles. The van der Waals surface area contributed by atoms with Gasteiger partial charge in [-0.1, -0.05) is 20.8 Å². The number of nitrogens with zero attached hydrogens (tertiary/aromatic N) is 2. The van der Waals surface area contributed by atoms with Gasteiger partial charge in [0.05, 0.1) is 15.9 Å². The summed E-state index contributed by atoms with van der Waals surface area (Å²) in [7, 11) is 1.71. The van der Waals surface area contributed by atoms with Gasteiger partial charge in [0.2, 0.25) is 0 Å². The molecule has 0 spiro atoms. The maximum atomic E-state index is 5.12. The summed E-state index contributed by atoms with van der Waals surface area (Å²) in [6.07, 6.45) is 2.84. The van der Waals surface area contributed by atoms with Gasteiger partial charge in [-0.3, -0.25) is 0 Å². The first-order chi connectivity index (χ1) is 9.08. The highest BCUT2D eigenvalue weighted by Gasteiger charge is 2.13. The van der Waals surface area contributed by atoms with Gasteiger partial charge in [-0.25, -0.2) is 9.97 Å². The number of methoxy groups -OCH3 is 1. The molecule has 0 aromatic carbocycles. The van der Waals surface area contributed by atoms with Crippen LogP contribution in [-0.4, -0.2) is 30.2 Å². The molecule has 1 N–H and O–H groups in total. The summed E-state index contributed by atoms with van der Waals surface area (Å²) >= 11 is 2.35. The maximum absolute atomic E-state index is 5.12. The van der Waals surface area contributed by atoms with Crippen LogP contribution in [0.5, 0.6) is 0 Å². The van der Waals surface area contributed by atoms with Gasteiger partial charge in [-0.15, -0.1) is 0 Å². The molecule has 1 aromatic heterocycles. The van der Waals surface area contributed by atoms with Gasteiger partial charge < -0.3 is 10.1 Å². The van der Waals surface area contributed by atoms with E-state index in [0.29, 0.717) is 12.5 Å². The van der Waals surface area contributed by atoms with Gasteiger partial charge in [-0.05, 0) is 41.4 Å². The van der Waals surface area contributed by atoms with Gasteiger partial charge in [-0.2, -0.15) is 0 Å². The van der Waals surface area contributed by atoms with Crippen LogP contribution in [0.3, 0.4) is 0 Å². The summed E-state index contributed by atoms with van der Waals surface area (Å²) in [6.45, 7) is 8.19. The van der Waals surface area contributed by atoms with Crippen molar-refractivity contribution in [1.82, 2.24) is 9.97 Å². The fraction of sp³-hybridized carbons (Fsp3) is 0.714. The molecule has 108 valence electrons. The van der Waals surface area contributed by atoms with Gasteiger partial charge >= 0.3 is 0 Å². The first-order valence-electron chi connectivity index (χ1n) is 6.86. The smallest absolute Gasteiger partial charge is 0.143 e. The van der Waals surface area contributed by atoms with Gasteiger partial charge in [0.1, 0.15) is 11.6 Å². The molecule has 0 saturated carbocycles. The van der Waals surface area contributed by atoms with Crippen LogP contribution in [0.15, 0.2) is 0 Å². The van der Waals surface area contributed by atoms with E-state index in [0.717, 1.165) is 46.7 Å².